The second kappa shape index (κ2) is 6.49. The van der Waals surface area contributed by atoms with Gasteiger partial charge < -0.3 is 9.30 Å². The molecule has 0 saturated carbocycles. The number of aromatic nitrogens is 2. The quantitative estimate of drug-likeness (QED) is 0.659. The number of ether oxygens (including phenoxy) is 1. The molecule has 3 rings (SSSR count). The molecule has 3 aromatic rings. The van der Waals surface area contributed by atoms with Crippen LogP contribution in [0.3, 0.4) is 0 Å². The summed E-state index contributed by atoms with van der Waals surface area (Å²) in [6.07, 6.45) is 6.43. The van der Waals surface area contributed by atoms with Crippen LogP contribution in [-0.4, -0.2) is 16.7 Å². The molecule has 3 heteroatoms. The molecule has 1 aromatic carbocycles. The maximum Gasteiger partial charge on any atom is 0.123 e. The molecule has 0 atom stereocenters. The van der Waals surface area contributed by atoms with Crippen molar-refractivity contribution in [3.05, 3.63) is 41.7 Å². The Kier molecular flexibility index (Phi) is 4.44. The van der Waals surface area contributed by atoms with Gasteiger partial charge in [-0.3, -0.25) is 4.98 Å². The predicted molar refractivity (Wildman–Crippen MR) is 92.2 cm³/mol. The fourth-order valence-corrected chi connectivity index (χ4v) is 3.38. The van der Waals surface area contributed by atoms with E-state index in [4.69, 9.17) is 9.72 Å². The monoisotopic (exact) mass is 296 g/mol. The first-order valence-electron chi connectivity index (χ1n) is 8.18. The van der Waals surface area contributed by atoms with Gasteiger partial charge in [-0.05, 0) is 24.5 Å². The van der Waals surface area contributed by atoms with E-state index in [0.29, 0.717) is 6.73 Å². The summed E-state index contributed by atoms with van der Waals surface area (Å²) in [6.45, 7) is 5.02. The van der Waals surface area contributed by atoms with Gasteiger partial charge in [-0.2, -0.15) is 0 Å². The Labute approximate surface area is 131 Å². The minimum atomic E-state index is 0.560. The Bertz CT molecular complexity index is 789. The summed E-state index contributed by atoms with van der Waals surface area (Å²) in [7, 11) is 1.74. The molecule has 3 nitrogen and oxygen atoms in total. The topological polar surface area (TPSA) is 27.1 Å². The second-order valence-corrected chi connectivity index (χ2v) is 5.81. The van der Waals surface area contributed by atoms with Crippen molar-refractivity contribution in [1.82, 2.24) is 9.55 Å². The Morgan fingerprint density at radius 3 is 2.55 bits per heavy atom. The normalized spacial score (nSPS) is 11.6. The van der Waals surface area contributed by atoms with Crippen molar-refractivity contribution in [3.8, 4) is 0 Å². The molecule has 0 amide bonds. The number of hydrogen-bond acceptors (Lipinski definition) is 2. The Morgan fingerprint density at radius 1 is 1.05 bits per heavy atom. The van der Waals surface area contributed by atoms with Gasteiger partial charge in [0, 0.05) is 23.6 Å². The zero-order chi connectivity index (χ0) is 15.5. The molecule has 0 spiro atoms. The number of methoxy groups -OCH3 is 1. The summed E-state index contributed by atoms with van der Waals surface area (Å²) in [6, 6.07) is 8.60. The fourth-order valence-electron chi connectivity index (χ4n) is 3.38. The van der Waals surface area contributed by atoms with Crippen LogP contribution < -0.4 is 0 Å². The molecule has 0 N–H and O–H groups in total. The van der Waals surface area contributed by atoms with E-state index in [-0.39, 0.29) is 0 Å². The first kappa shape index (κ1) is 15.0. The van der Waals surface area contributed by atoms with Gasteiger partial charge in [-0.25, -0.2) is 0 Å². The first-order chi connectivity index (χ1) is 10.8. The standard InChI is InChI=1S/C19H24N2O/c1-4-8-14-16(9-5-2)20-12-18-19(14)15-10-6-7-11-17(15)21(18)13-22-3/h6-7,10-12H,4-5,8-9,13H2,1-3H3. The maximum absolute atomic E-state index is 5.42. The van der Waals surface area contributed by atoms with Crippen molar-refractivity contribution in [2.45, 2.75) is 46.3 Å². The van der Waals surface area contributed by atoms with Crippen molar-refractivity contribution in [3.63, 3.8) is 0 Å². The number of aryl methyl sites for hydroxylation is 2. The lowest BCUT2D eigenvalue weighted by Gasteiger charge is -2.10. The van der Waals surface area contributed by atoms with Crippen molar-refractivity contribution in [2.24, 2.45) is 0 Å². The van der Waals surface area contributed by atoms with Crippen LogP contribution in [0.2, 0.25) is 0 Å². The van der Waals surface area contributed by atoms with Crippen molar-refractivity contribution in [2.75, 3.05) is 7.11 Å². The highest BCUT2D eigenvalue weighted by atomic mass is 16.5. The van der Waals surface area contributed by atoms with Gasteiger partial charge in [-0.1, -0.05) is 44.9 Å². The highest BCUT2D eigenvalue weighted by Gasteiger charge is 2.16. The van der Waals surface area contributed by atoms with Crippen molar-refractivity contribution >= 4 is 21.8 Å². The lowest BCUT2D eigenvalue weighted by atomic mass is 9.99. The molecule has 0 unspecified atom stereocenters. The van der Waals surface area contributed by atoms with Gasteiger partial charge in [0.05, 0.1) is 17.2 Å². The second-order valence-electron chi connectivity index (χ2n) is 5.81. The van der Waals surface area contributed by atoms with Gasteiger partial charge in [0.25, 0.3) is 0 Å². The summed E-state index contributed by atoms with van der Waals surface area (Å²) >= 11 is 0. The van der Waals surface area contributed by atoms with Crippen molar-refractivity contribution < 1.29 is 4.74 Å². The van der Waals surface area contributed by atoms with Crippen LogP contribution >= 0.6 is 0 Å². The minimum Gasteiger partial charge on any atom is -0.364 e. The fraction of sp³-hybridized carbons (Fsp3) is 0.421. The molecular weight excluding hydrogens is 272 g/mol. The Morgan fingerprint density at radius 2 is 1.82 bits per heavy atom. The molecule has 0 bridgehead atoms. The Hall–Kier alpha value is -1.87. The van der Waals surface area contributed by atoms with E-state index >= 15 is 0 Å². The Balaban J connectivity index is 2.39. The van der Waals surface area contributed by atoms with Crippen LogP contribution in [0.25, 0.3) is 21.8 Å². The zero-order valence-corrected chi connectivity index (χ0v) is 13.7. The van der Waals surface area contributed by atoms with E-state index in [0.717, 1.165) is 25.7 Å². The lowest BCUT2D eigenvalue weighted by molar-refractivity contribution is 0.138. The smallest absolute Gasteiger partial charge is 0.123 e. The predicted octanol–water partition coefficient (Wildman–Crippen LogP) is 4.70. The molecule has 0 saturated heterocycles. The summed E-state index contributed by atoms with van der Waals surface area (Å²) in [4.78, 5) is 4.78. The average Bonchev–Trinajstić information content (AvgIpc) is 2.85. The van der Waals surface area contributed by atoms with Crippen LogP contribution in [-0.2, 0) is 24.3 Å². The molecule has 116 valence electrons. The minimum absolute atomic E-state index is 0.560. The number of nitrogens with zero attached hydrogens (tertiary/aromatic N) is 2. The van der Waals surface area contributed by atoms with Gasteiger partial charge in [-0.15, -0.1) is 0 Å². The molecule has 0 fully saturated rings. The first-order valence-corrected chi connectivity index (χ1v) is 8.18. The molecule has 22 heavy (non-hydrogen) atoms. The third-order valence-corrected chi connectivity index (χ3v) is 4.25. The van der Waals surface area contributed by atoms with Crippen LogP contribution in [0.15, 0.2) is 30.5 Å². The van der Waals surface area contributed by atoms with Gasteiger partial charge in [0.1, 0.15) is 6.73 Å². The summed E-state index contributed by atoms with van der Waals surface area (Å²) in [5.74, 6) is 0. The number of hydrogen-bond donors (Lipinski definition) is 0. The lowest BCUT2D eigenvalue weighted by Crippen LogP contribution is -2.02. The highest BCUT2D eigenvalue weighted by molar-refractivity contribution is 6.09. The third kappa shape index (κ3) is 2.40. The number of rotatable bonds is 6. The number of fused-ring (bicyclic) bond motifs is 3. The van der Waals surface area contributed by atoms with Crippen LogP contribution in [0.1, 0.15) is 37.9 Å². The SMILES string of the molecule is CCCc1ncc2c(c1CCC)c1ccccc1n2COC. The number of pyridine rings is 1. The van der Waals surface area contributed by atoms with Gasteiger partial charge in [0.15, 0.2) is 0 Å². The molecule has 0 aliphatic rings. The summed E-state index contributed by atoms with van der Waals surface area (Å²) < 4.78 is 7.64. The van der Waals surface area contributed by atoms with Gasteiger partial charge >= 0.3 is 0 Å². The number of benzene rings is 1. The molecule has 0 aliphatic heterocycles. The van der Waals surface area contributed by atoms with E-state index < -0.39 is 0 Å². The van der Waals surface area contributed by atoms with Crippen LogP contribution in [0.5, 0.6) is 0 Å². The van der Waals surface area contributed by atoms with Crippen LogP contribution in [0.4, 0.5) is 0 Å². The van der Waals surface area contributed by atoms with Crippen molar-refractivity contribution in [1.29, 1.82) is 0 Å². The molecule has 2 aromatic heterocycles. The molecule has 2 heterocycles. The molecular formula is C19H24N2O. The van der Waals surface area contributed by atoms with E-state index in [1.165, 1.54) is 33.1 Å². The zero-order valence-electron chi connectivity index (χ0n) is 13.7. The van der Waals surface area contributed by atoms with E-state index in [9.17, 15) is 0 Å². The van der Waals surface area contributed by atoms with E-state index in [1.807, 2.05) is 6.20 Å². The average molecular weight is 296 g/mol. The summed E-state index contributed by atoms with van der Waals surface area (Å²) in [5.41, 5.74) is 5.10. The highest BCUT2D eigenvalue weighted by Crippen LogP contribution is 2.33. The van der Waals surface area contributed by atoms with Gasteiger partial charge in [0.2, 0.25) is 0 Å². The molecule has 0 radical (unpaired) electrons. The summed E-state index contributed by atoms with van der Waals surface area (Å²) in [5, 5.41) is 2.69. The molecule has 0 aliphatic carbocycles. The third-order valence-electron chi connectivity index (χ3n) is 4.25. The largest absolute Gasteiger partial charge is 0.364 e. The number of para-hydroxylation sites is 1. The van der Waals surface area contributed by atoms with E-state index in [2.05, 4.69) is 42.7 Å². The van der Waals surface area contributed by atoms with E-state index in [1.54, 1.807) is 7.11 Å². The maximum atomic E-state index is 5.42. The van der Waals surface area contributed by atoms with Crippen LogP contribution in [0, 0.1) is 0 Å².